The largest absolute Gasteiger partial charge is 0.378 e. The maximum atomic E-state index is 5.41. The molecule has 0 spiro atoms. The van der Waals surface area contributed by atoms with Crippen molar-refractivity contribution in [2.75, 3.05) is 36.5 Å². The lowest BCUT2D eigenvalue weighted by molar-refractivity contribution is 0.122. The molecule has 0 aromatic carbocycles. The van der Waals surface area contributed by atoms with Gasteiger partial charge in [0.05, 0.1) is 30.0 Å². The number of H-pyrrole nitrogens is 1. The third kappa shape index (κ3) is 3.10. The molecule has 1 saturated heterocycles. The molecular weight excluding hydrogens is 324 g/mol. The minimum absolute atomic E-state index is 0.754. The van der Waals surface area contributed by atoms with E-state index in [9.17, 15) is 0 Å². The van der Waals surface area contributed by atoms with E-state index in [4.69, 9.17) is 4.74 Å². The summed E-state index contributed by atoms with van der Waals surface area (Å²) in [5.74, 6) is 1.82. The van der Waals surface area contributed by atoms with Gasteiger partial charge in [0.25, 0.3) is 0 Å². The zero-order valence-electron chi connectivity index (χ0n) is 13.3. The molecule has 0 bridgehead atoms. The maximum Gasteiger partial charge on any atom is 0.189 e. The molecule has 7 nitrogen and oxygen atoms in total. The Morgan fingerprint density at radius 1 is 1.25 bits per heavy atom. The number of hydrogen-bond acceptors (Lipinski definition) is 7. The number of anilines is 3. The van der Waals surface area contributed by atoms with E-state index in [1.165, 1.54) is 0 Å². The van der Waals surface area contributed by atoms with Gasteiger partial charge in [0.1, 0.15) is 11.6 Å². The molecule has 1 aliphatic rings. The average Bonchev–Trinajstić information content (AvgIpc) is 3.26. The number of nitrogens with one attached hydrogen (secondary N) is 2. The van der Waals surface area contributed by atoms with E-state index in [1.807, 2.05) is 25.3 Å². The Kier molecular flexibility index (Phi) is 4.14. The summed E-state index contributed by atoms with van der Waals surface area (Å²) in [5.41, 5.74) is 2.14. The number of aromatic amines is 1. The first-order valence-electron chi connectivity index (χ1n) is 7.82. The number of morpholine rings is 1. The molecule has 0 atom stereocenters. The van der Waals surface area contributed by atoms with Gasteiger partial charge >= 0.3 is 0 Å². The first kappa shape index (κ1) is 15.1. The first-order chi connectivity index (χ1) is 11.8. The van der Waals surface area contributed by atoms with Crippen molar-refractivity contribution >= 4 is 28.1 Å². The summed E-state index contributed by atoms with van der Waals surface area (Å²) >= 11 is 1.63. The molecule has 2 N–H and O–H groups in total. The van der Waals surface area contributed by atoms with Crippen molar-refractivity contribution in [3.05, 3.63) is 36.3 Å². The van der Waals surface area contributed by atoms with Crippen molar-refractivity contribution in [2.45, 2.75) is 6.92 Å². The SMILES string of the molecule is Cc1nc(Nc2ccn[nH]2)sc1-c1ccnc(N2CCOCC2)c1. The lowest BCUT2D eigenvalue weighted by Gasteiger charge is -2.27. The summed E-state index contributed by atoms with van der Waals surface area (Å²) in [6, 6.07) is 6.04. The molecule has 124 valence electrons. The number of pyridine rings is 1. The van der Waals surface area contributed by atoms with Crippen LogP contribution in [0.3, 0.4) is 0 Å². The van der Waals surface area contributed by atoms with Gasteiger partial charge in [-0.05, 0) is 24.6 Å². The van der Waals surface area contributed by atoms with E-state index >= 15 is 0 Å². The molecule has 24 heavy (non-hydrogen) atoms. The molecule has 0 unspecified atom stereocenters. The molecule has 4 rings (SSSR count). The molecule has 0 saturated carbocycles. The topological polar surface area (TPSA) is 79.0 Å². The Morgan fingerprint density at radius 2 is 2.12 bits per heavy atom. The molecule has 3 aromatic rings. The predicted molar refractivity (Wildman–Crippen MR) is 95.0 cm³/mol. The van der Waals surface area contributed by atoms with Crippen molar-refractivity contribution < 1.29 is 4.74 Å². The summed E-state index contributed by atoms with van der Waals surface area (Å²) in [5, 5.41) is 10.9. The number of hydrogen-bond donors (Lipinski definition) is 2. The highest BCUT2D eigenvalue weighted by atomic mass is 32.1. The second kappa shape index (κ2) is 6.58. The van der Waals surface area contributed by atoms with Crippen LogP contribution in [0.4, 0.5) is 16.8 Å². The molecule has 4 heterocycles. The summed E-state index contributed by atoms with van der Waals surface area (Å²) in [6.07, 6.45) is 3.57. The summed E-state index contributed by atoms with van der Waals surface area (Å²) in [6.45, 7) is 5.29. The average molecular weight is 342 g/mol. The Balaban J connectivity index is 1.60. The fourth-order valence-electron chi connectivity index (χ4n) is 2.68. The Bertz CT molecular complexity index is 810. The van der Waals surface area contributed by atoms with Gasteiger partial charge in [0.15, 0.2) is 5.13 Å². The van der Waals surface area contributed by atoms with Crippen LogP contribution in [0.2, 0.25) is 0 Å². The quantitative estimate of drug-likeness (QED) is 0.759. The number of thiazole rings is 1. The smallest absolute Gasteiger partial charge is 0.189 e. The number of nitrogens with zero attached hydrogens (tertiary/aromatic N) is 4. The van der Waals surface area contributed by atoms with Crippen LogP contribution in [0.25, 0.3) is 10.4 Å². The third-order valence-corrected chi connectivity index (χ3v) is 5.00. The molecule has 1 fully saturated rings. The molecule has 8 heteroatoms. The third-order valence-electron chi connectivity index (χ3n) is 3.88. The molecule has 1 aliphatic heterocycles. The van der Waals surface area contributed by atoms with Crippen molar-refractivity contribution in [1.29, 1.82) is 0 Å². The van der Waals surface area contributed by atoms with E-state index < -0.39 is 0 Å². The lowest BCUT2D eigenvalue weighted by atomic mass is 10.2. The van der Waals surface area contributed by atoms with Crippen molar-refractivity contribution in [1.82, 2.24) is 20.2 Å². The van der Waals surface area contributed by atoms with Gasteiger partial charge in [-0.2, -0.15) is 5.10 Å². The van der Waals surface area contributed by atoms with Crippen LogP contribution in [0.1, 0.15) is 5.69 Å². The molecule has 0 amide bonds. The predicted octanol–water partition coefficient (Wildman–Crippen LogP) is 2.82. The Labute approximate surface area is 143 Å². The summed E-state index contributed by atoms with van der Waals surface area (Å²) in [7, 11) is 0. The van der Waals surface area contributed by atoms with Crippen LogP contribution in [-0.2, 0) is 4.74 Å². The highest BCUT2D eigenvalue weighted by molar-refractivity contribution is 7.19. The minimum atomic E-state index is 0.754. The standard InChI is InChI=1S/C16H18N6OS/c1-11-15(24-16(19-11)20-13-3-5-18-21-13)12-2-4-17-14(10-12)22-6-8-23-9-7-22/h2-5,10H,6-9H2,1H3,(H2,18,19,20,21). The fourth-order valence-corrected chi connectivity index (χ4v) is 3.66. The second-order valence-corrected chi connectivity index (χ2v) is 6.53. The maximum absolute atomic E-state index is 5.41. The van der Waals surface area contributed by atoms with E-state index in [0.717, 1.165) is 59.2 Å². The van der Waals surface area contributed by atoms with Gasteiger partial charge in [-0.15, -0.1) is 0 Å². The lowest BCUT2D eigenvalue weighted by Crippen LogP contribution is -2.36. The van der Waals surface area contributed by atoms with Gasteiger partial charge in [-0.1, -0.05) is 11.3 Å². The normalized spacial score (nSPS) is 14.8. The van der Waals surface area contributed by atoms with Gasteiger partial charge in [0, 0.05) is 25.4 Å². The van der Waals surface area contributed by atoms with Gasteiger partial charge < -0.3 is 15.0 Å². The van der Waals surface area contributed by atoms with Crippen molar-refractivity contribution in [3.8, 4) is 10.4 Å². The number of aromatic nitrogens is 4. The summed E-state index contributed by atoms with van der Waals surface area (Å²) < 4.78 is 5.41. The number of aryl methyl sites for hydroxylation is 1. The van der Waals surface area contributed by atoms with Crippen LogP contribution in [-0.4, -0.2) is 46.5 Å². The zero-order valence-corrected chi connectivity index (χ0v) is 14.1. The minimum Gasteiger partial charge on any atom is -0.378 e. The van der Waals surface area contributed by atoms with Gasteiger partial charge in [-0.25, -0.2) is 9.97 Å². The van der Waals surface area contributed by atoms with Crippen LogP contribution in [0, 0.1) is 6.92 Å². The molecular formula is C16H18N6OS. The monoisotopic (exact) mass is 342 g/mol. The van der Waals surface area contributed by atoms with Crippen molar-refractivity contribution in [3.63, 3.8) is 0 Å². The molecule has 0 aliphatic carbocycles. The highest BCUT2D eigenvalue weighted by Crippen LogP contribution is 2.34. The van der Waals surface area contributed by atoms with E-state index in [0.29, 0.717) is 0 Å². The zero-order chi connectivity index (χ0) is 16.4. The fraction of sp³-hybridized carbons (Fsp3) is 0.312. The molecule has 0 radical (unpaired) electrons. The Morgan fingerprint density at radius 3 is 2.92 bits per heavy atom. The number of ether oxygens (including phenoxy) is 1. The van der Waals surface area contributed by atoms with E-state index in [-0.39, 0.29) is 0 Å². The van der Waals surface area contributed by atoms with Crippen LogP contribution in [0.5, 0.6) is 0 Å². The Hall–Kier alpha value is -2.45. The van der Waals surface area contributed by atoms with E-state index in [2.05, 4.69) is 36.4 Å². The van der Waals surface area contributed by atoms with Gasteiger partial charge in [0.2, 0.25) is 0 Å². The van der Waals surface area contributed by atoms with Gasteiger partial charge in [-0.3, -0.25) is 5.10 Å². The first-order valence-corrected chi connectivity index (χ1v) is 8.64. The van der Waals surface area contributed by atoms with Crippen LogP contribution < -0.4 is 10.2 Å². The number of rotatable bonds is 4. The van der Waals surface area contributed by atoms with E-state index in [1.54, 1.807) is 17.5 Å². The molecule has 3 aromatic heterocycles. The van der Waals surface area contributed by atoms with Crippen LogP contribution in [0.15, 0.2) is 30.6 Å². The highest BCUT2D eigenvalue weighted by Gasteiger charge is 2.15. The summed E-state index contributed by atoms with van der Waals surface area (Å²) in [4.78, 5) is 12.5. The second-order valence-electron chi connectivity index (χ2n) is 5.53. The van der Waals surface area contributed by atoms with Crippen molar-refractivity contribution in [2.24, 2.45) is 0 Å². The van der Waals surface area contributed by atoms with Crippen LogP contribution >= 0.6 is 11.3 Å².